The molecule has 2 rings (SSSR count). The zero-order valence-corrected chi connectivity index (χ0v) is 16.9. The third-order valence-corrected chi connectivity index (χ3v) is 4.19. The van der Waals surface area contributed by atoms with Crippen LogP contribution < -0.4 is 20.1 Å². The van der Waals surface area contributed by atoms with E-state index >= 15 is 0 Å². The monoisotopic (exact) mass is 384 g/mol. The third-order valence-electron chi connectivity index (χ3n) is 4.19. The molecule has 0 spiro atoms. The summed E-state index contributed by atoms with van der Waals surface area (Å²) >= 11 is 0. The first-order valence-corrected chi connectivity index (χ1v) is 9.45. The van der Waals surface area contributed by atoms with Crippen molar-refractivity contribution < 1.29 is 19.1 Å². The van der Waals surface area contributed by atoms with Gasteiger partial charge in [0.1, 0.15) is 0 Å². The van der Waals surface area contributed by atoms with Gasteiger partial charge >= 0.3 is 0 Å². The summed E-state index contributed by atoms with van der Waals surface area (Å²) in [5.74, 6) is 0.512. The maximum atomic E-state index is 12.4. The van der Waals surface area contributed by atoms with Gasteiger partial charge in [-0.15, -0.1) is 0 Å². The highest BCUT2D eigenvalue weighted by molar-refractivity contribution is 5.97. The fourth-order valence-corrected chi connectivity index (χ4v) is 2.76. The molecule has 6 nitrogen and oxygen atoms in total. The van der Waals surface area contributed by atoms with Crippen LogP contribution in [-0.4, -0.2) is 31.6 Å². The van der Waals surface area contributed by atoms with Gasteiger partial charge in [0.15, 0.2) is 11.5 Å². The second-order valence-electron chi connectivity index (χ2n) is 6.42. The van der Waals surface area contributed by atoms with E-state index in [1.807, 2.05) is 39.8 Å². The van der Waals surface area contributed by atoms with E-state index in [1.54, 1.807) is 18.2 Å². The zero-order chi connectivity index (χ0) is 20.5. The molecule has 0 aliphatic carbocycles. The summed E-state index contributed by atoms with van der Waals surface area (Å²) in [4.78, 5) is 24.4. The van der Waals surface area contributed by atoms with Gasteiger partial charge in [-0.05, 0) is 57.0 Å². The molecule has 0 atom stereocenters. The van der Waals surface area contributed by atoms with Gasteiger partial charge in [-0.2, -0.15) is 0 Å². The van der Waals surface area contributed by atoms with E-state index in [0.29, 0.717) is 36.8 Å². The van der Waals surface area contributed by atoms with E-state index in [4.69, 9.17) is 9.47 Å². The van der Waals surface area contributed by atoms with E-state index in [1.165, 1.54) is 5.56 Å². The quantitative estimate of drug-likeness (QED) is 0.696. The number of carbonyl (C=O) groups excluding carboxylic acids is 2. The number of nitrogens with one attached hydrogen (secondary N) is 2. The summed E-state index contributed by atoms with van der Waals surface area (Å²) in [6.07, 6.45) is 0. The number of benzene rings is 2. The topological polar surface area (TPSA) is 76.7 Å². The van der Waals surface area contributed by atoms with Crippen LogP contribution in [0.4, 0.5) is 0 Å². The van der Waals surface area contributed by atoms with Crippen LogP contribution in [0.15, 0.2) is 36.4 Å². The van der Waals surface area contributed by atoms with E-state index in [2.05, 4.69) is 16.7 Å². The van der Waals surface area contributed by atoms with Crippen molar-refractivity contribution in [3.8, 4) is 11.5 Å². The molecule has 6 heteroatoms. The number of hydrogen-bond acceptors (Lipinski definition) is 4. The lowest BCUT2D eigenvalue weighted by molar-refractivity contribution is -0.120. The Balaban J connectivity index is 1.90. The smallest absolute Gasteiger partial charge is 0.251 e. The molecule has 0 saturated carbocycles. The lowest BCUT2D eigenvalue weighted by Gasteiger charge is -2.13. The van der Waals surface area contributed by atoms with Crippen LogP contribution in [0.5, 0.6) is 11.5 Å². The average Bonchev–Trinajstić information content (AvgIpc) is 2.67. The first-order valence-electron chi connectivity index (χ1n) is 9.45. The molecule has 0 bridgehead atoms. The molecule has 0 aliphatic rings. The first kappa shape index (κ1) is 21.3. The normalized spacial score (nSPS) is 10.3. The number of carbonyl (C=O) groups is 2. The van der Waals surface area contributed by atoms with Crippen molar-refractivity contribution >= 4 is 11.8 Å². The highest BCUT2D eigenvalue weighted by Gasteiger charge is 2.13. The predicted molar refractivity (Wildman–Crippen MR) is 109 cm³/mol. The Morgan fingerprint density at radius 1 is 0.893 bits per heavy atom. The van der Waals surface area contributed by atoms with Crippen LogP contribution >= 0.6 is 0 Å². The minimum atomic E-state index is -0.342. The van der Waals surface area contributed by atoms with Crippen LogP contribution in [0.2, 0.25) is 0 Å². The Bertz CT molecular complexity index is 833. The maximum absolute atomic E-state index is 12.4. The summed E-state index contributed by atoms with van der Waals surface area (Å²) in [7, 11) is 0. The molecule has 0 aliphatic heterocycles. The van der Waals surface area contributed by atoms with Crippen molar-refractivity contribution in [1.82, 2.24) is 10.6 Å². The Labute approximate surface area is 166 Å². The molecular weight excluding hydrogens is 356 g/mol. The minimum Gasteiger partial charge on any atom is -0.490 e. The zero-order valence-electron chi connectivity index (χ0n) is 16.9. The van der Waals surface area contributed by atoms with E-state index in [0.717, 1.165) is 11.1 Å². The lowest BCUT2D eigenvalue weighted by Crippen LogP contribution is -2.36. The molecular formula is C22H28N2O4. The van der Waals surface area contributed by atoms with Crippen LogP contribution in [0.1, 0.15) is 40.9 Å². The van der Waals surface area contributed by atoms with Crippen molar-refractivity contribution in [3.63, 3.8) is 0 Å². The second kappa shape index (κ2) is 10.3. The van der Waals surface area contributed by atoms with Crippen molar-refractivity contribution in [2.45, 2.75) is 34.2 Å². The van der Waals surface area contributed by atoms with Gasteiger partial charge in [0.05, 0.1) is 19.8 Å². The molecule has 2 aromatic carbocycles. The molecule has 0 unspecified atom stereocenters. The molecule has 0 fully saturated rings. The molecule has 2 aromatic rings. The largest absolute Gasteiger partial charge is 0.490 e. The van der Waals surface area contributed by atoms with Crippen molar-refractivity contribution in [2.75, 3.05) is 19.8 Å². The molecule has 28 heavy (non-hydrogen) atoms. The SMILES string of the molecule is CCOc1ccc(C(=O)NCC(=O)NCc2ccc(C)cc2C)cc1OCC. The number of amides is 2. The fraction of sp³-hybridized carbons (Fsp3) is 0.364. The summed E-state index contributed by atoms with van der Waals surface area (Å²) in [5, 5.41) is 5.46. The Hall–Kier alpha value is -3.02. The fourth-order valence-electron chi connectivity index (χ4n) is 2.76. The van der Waals surface area contributed by atoms with Crippen molar-refractivity contribution in [1.29, 1.82) is 0 Å². The van der Waals surface area contributed by atoms with Gasteiger partial charge in [0.25, 0.3) is 5.91 Å². The molecule has 0 saturated heterocycles. The Morgan fingerprint density at radius 3 is 2.29 bits per heavy atom. The van der Waals surface area contributed by atoms with Gasteiger partial charge < -0.3 is 20.1 Å². The minimum absolute atomic E-state index is 0.0963. The van der Waals surface area contributed by atoms with E-state index < -0.39 is 0 Å². The van der Waals surface area contributed by atoms with Gasteiger partial charge in [0.2, 0.25) is 5.91 Å². The summed E-state index contributed by atoms with van der Waals surface area (Å²) < 4.78 is 11.0. The van der Waals surface area contributed by atoms with Crippen LogP contribution in [0, 0.1) is 13.8 Å². The van der Waals surface area contributed by atoms with Gasteiger partial charge in [-0.25, -0.2) is 0 Å². The number of rotatable bonds is 9. The highest BCUT2D eigenvalue weighted by Crippen LogP contribution is 2.28. The van der Waals surface area contributed by atoms with Crippen LogP contribution in [0.25, 0.3) is 0 Å². The number of hydrogen-bond donors (Lipinski definition) is 2. The molecule has 0 heterocycles. The predicted octanol–water partition coefficient (Wildman–Crippen LogP) is 3.15. The number of ether oxygens (including phenoxy) is 2. The Morgan fingerprint density at radius 2 is 1.61 bits per heavy atom. The van der Waals surface area contributed by atoms with E-state index in [-0.39, 0.29) is 18.4 Å². The second-order valence-corrected chi connectivity index (χ2v) is 6.42. The van der Waals surface area contributed by atoms with Gasteiger partial charge in [-0.1, -0.05) is 23.8 Å². The standard InChI is InChI=1S/C22H28N2O4/c1-5-27-19-10-9-17(12-20(19)28-6-2)22(26)24-14-21(25)23-13-18-8-7-15(3)11-16(18)4/h7-12H,5-6,13-14H2,1-4H3,(H,23,25)(H,24,26). The number of aryl methyl sites for hydroxylation is 2. The Kier molecular flexibility index (Phi) is 7.87. The van der Waals surface area contributed by atoms with Crippen LogP contribution in [-0.2, 0) is 11.3 Å². The summed E-state index contributed by atoms with van der Waals surface area (Å²) in [6.45, 7) is 9.09. The third kappa shape index (κ3) is 6.01. The molecule has 150 valence electrons. The molecule has 2 N–H and O–H groups in total. The molecule has 0 aromatic heterocycles. The first-order chi connectivity index (χ1) is 13.4. The molecule has 0 radical (unpaired) electrons. The summed E-state index contributed by atoms with van der Waals surface area (Å²) in [6, 6.07) is 11.1. The van der Waals surface area contributed by atoms with Crippen molar-refractivity contribution in [3.05, 3.63) is 58.7 Å². The molecule has 2 amide bonds. The maximum Gasteiger partial charge on any atom is 0.251 e. The lowest BCUT2D eigenvalue weighted by atomic mass is 10.1. The summed E-state index contributed by atoms with van der Waals surface area (Å²) in [5.41, 5.74) is 3.77. The van der Waals surface area contributed by atoms with E-state index in [9.17, 15) is 9.59 Å². The van der Waals surface area contributed by atoms with Gasteiger partial charge in [-0.3, -0.25) is 9.59 Å². The van der Waals surface area contributed by atoms with Crippen LogP contribution in [0.3, 0.4) is 0 Å². The highest BCUT2D eigenvalue weighted by atomic mass is 16.5. The average molecular weight is 384 g/mol. The van der Waals surface area contributed by atoms with Gasteiger partial charge in [0, 0.05) is 12.1 Å². The van der Waals surface area contributed by atoms with Crippen molar-refractivity contribution in [2.24, 2.45) is 0 Å².